The van der Waals surface area contributed by atoms with Gasteiger partial charge in [0.05, 0.1) is 6.10 Å². The zero-order valence-electron chi connectivity index (χ0n) is 11.7. The third kappa shape index (κ3) is 9.66. The molecule has 1 aromatic rings. The molecule has 1 nitrogen and oxygen atoms in total. The van der Waals surface area contributed by atoms with Gasteiger partial charge in [0.15, 0.2) is 0 Å². The second-order valence-corrected chi connectivity index (χ2v) is 4.35. The first-order valence-electron chi connectivity index (χ1n) is 6.14. The summed E-state index contributed by atoms with van der Waals surface area (Å²) in [6.45, 7) is 10.8. The van der Waals surface area contributed by atoms with E-state index in [0.29, 0.717) is 18.6 Å². The van der Waals surface area contributed by atoms with Crippen molar-refractivity contribution in [3.05, 3.63) is 35.9 Å². The Morgan fingerprint density at radius 1 is 1.06 bits per heavy atom. The summed E-state index contributed by atoms with van der Waals surface area (Å²) in [5.74, 6) is 6.21. The highest BCUT2D eigenvalue weighted by atomic mass is 16.5. The van der Waals surface area contributed by atoms with Crippen LogP contribution in [0.5, 0.6) is 0 Å². The molecule has 0 radical (unpaired) electrons. The molecule has 0 spiro atoms. The van der Waals surface area contributed by atoms with Gasteiger partial charge in [-0.25, -0.2) is 0 Å². The maximum Gasteiger partial charge on any atom is 0.108 e. The van der Waals surface area contributed by atoms with Crippen LogP contribution >= 0.6 is 0 Å². The Hall–Kier alpha value is -1.26. The molecule has 0 atom stereocenters. The highest BCUT2D eigenvalue weighted by molar-refractivity contribution is 5.17. The predicted octanol–water partition coefficient (Wildman–Crippen LogP) is 4.24. The van der Waals surface area contributed by atoms with E-state index >= 15 is 0 Å². The third-order valence-electron chi connectivity index (χ3n) is 2.13. The monoisotopic (exact) mass is 232 g/mol. The fourth-order valence-corrected chi connectivity index (χ4v) is 1.12. The van der Waals surface area contributed by atoms with Crippen molar-refractivity contribution in [2.45, 2.75) is 46.6 Å². The first-order valence-corrected chi connectivity index (χ1v) is 6.14. The number of rotatable bonds is 3. The van der Waals surface area contributed by atoms with E-state index in [4.69, 9.17) is 4.74 Å². The Labute approximate surface area is 106 Å². The Bertz CT molecular complexity index is 328. The van der Waals surface area contributed by atoms with Crippen LogP contribution in [0.1, 0.15) is 46.1 Å². The van der Waals surface area contributed by atoms with Crippen molar-refractivity contribution in [1.82, 2.24) is 0 Å². The normalized spacial score (nSPS) is 9.35. The van der Waals surface area contributed by atoms with Crippen LogP contribution in [0.25, 0.3) is 0 Å². The zero-order valence-corrected chi connectivity index (χ0v) is 11.7. The van der Waals surface area contributed by atoms with Crippen molar-refractivity contribution in [2.75, 3.05) is 6.61 Å². The van der Waals surface area contributed by atoms with E-state index in [2.05, 4.69) is 50.0 Å². The van der Waals surface area contributed by atoms with Crippen molar-refractivity contribution in [3.8, 4) is 11.8 Å². The summed E-state index contributed by atoms with van der Waals surface area (Å²) in [5.41, 5.74) is 1.41. The van der Waals surface area contributed by atoms with E-state index < -0.39 is 0 Å². The van der Waals surface area contributed by atoms with Gasteiger partial charge in [-0.05, 0) is 32.3 Å². The van der Waals surface area contributed by atoms with Gasteiger partial charge >= 0.3 is 0 Å². The summed E-state index contributed by atoms with van der Waals surface area (Å²) in [7, 11) is 0. The Kier molecular flexibility index (Phi) is 9.19. The first kappa shape index (κ1) is 15.7. The summed E-state index contributed by atoms with van der Waals surface area (Å²) in [6, 6.07) is 10.5. The highest BCUT2D eigenvalue weighted by Gasteiger charge is 1.93. The maximum atomic E-state index is 5.11. The van der Waals surface area contributed by atoms with Gasteiger partial charge in [-0.3, -0.25) is 0 Å². The van der Waals surface area contributed by atoms with Gasteiger partial charge in [-0.2, -0.15) is 0 Å². The minimum absolute atomic E-state index is 0.302. The minimum Gasteiger partial charge on any atom is -0.366 e. The predicted molar refractivity (Wildman–Crippen MR) is 75.1 cm³/mol. The third-order valence-corrected chi connectivity index (χ3v) is 2.13. The largest absolute Gasteiger partial charge is 0.366 e. The lowest BCUT2D eigenvalue weighted by Crippen LogP contribution is -2.01. The van der Waals surface area contributed by atoms with Crippen molar-refractivity contribution in [2.24, 2.45) is 0 Å². The van der Waals surface area contributed by atoms with Crippen molar-refractivity contribution in [3.63, 3.8) is 0 Å². The van der Waals surface area contributed by atoms with Gasteiger partial charge in [0.2, 0.25) is 0 Å². The molecule has 0 aliphatic rings. The van der Waals surface area contributed by atoms with E-state index in [1.54, 1.807) is 0 Å². The van der Waals surface area contributed by atoms with Gasteiger partial charge in [-0.1, -0.05) is 50.1 Å². The van der Waals surface area contributed by atoms with Gasteiger partial charge in [0, 0.05) is 0 Å². The summed E-state index contributed by atoms with van der Waals surface area (Å²) < 4.78 is 5.11. The maximum absolute atomic E-state index is 5.11. The molecule has 0 unspecified atom stereocenters. The molecule has 0 N–H and O–H groups in total. The van der Waals surface area contributed by atoms with Gasteiger partial charge in [0.25, 0.3) is 0 Å². The SMILES string of the molecule is CC#CCOC(C)C.CC(C)c1ccccc1. The molecule has 0 fully saturated rings. The molecule has 1 rings (SSSR count). The highest BCUT2D eigenvalue weighted by Crippen LogP contribution is 2.11. The van der Waals surface area contributed by atoms with E-state index in [-0.39, 0.29) is 0 Å². The smallest absolute Gasteiger partial charge is 0.108 e. The summed E-state index contributed by atoms with van der Waals surface area (Å²) in [4.78, 5) is 0. The lowest BCUT2D eigenvalue weighted by molar-refractivity contribution is 0.107. The lowest BCUT2D eigenvalue weighted by atomic mass is 10.0. The van der Waals surface area contributed by atoms with Gasteiger partial charge in [0.1, 0.15) is 6.61 Å². The summed E-state index contributed by atoms with van der Waals surface area (Å²) in [6.07, 6.45) is 0.302. The molecule has 17 heavy (non-hydrogen) atoms. The Morgan fingerprint density at radius 3 is 2.00 bits per heavy atom. The Balaban J connectivity index is 0.000000304. The first-order chi connectivity index (χ1) is 8.07. The van der Waals surface area contributed by atoms with Crippen LogP contribution in [0, 0.1) is 11.8 Å². The van der Waals surface area contributed by atoms with Crippen LogP contribution in [-0.4, -0.2) is 12.7 Å². The van der Waals surface area contributed by atoms with Crippen LogP contribution in [0.4, 0.5) is 0 Å². The fourth-order valence-electron chi connectivity index (χ4n) is 1.12. The molecule has 0 aliphatic carbocycles. The fraction of sp³-hybridized carbons (Fsp3) is 0.500. The molecular formula is C16H24O. The average molecular weight is 232 g/mol. The molecular weight excluding hydrogens is 208 g/mol. The van der Waals surface area contributed by atoms with Crippen molar-refractivity contribution >= 4 is 0 Å². The van der Waals surface area contributed by atoms with Crippen LogP contribution in [0.3, 0.4) is 0 Å². The molecule has 0 aliphatic heterocycles. The zero-order chi connectivity index (χ0) is 13.1. The van der Waals surface area contributed by atoms with Crippen LogP contribution in [0.2, 0.25) is 0 Å². The topological polar surface area (TPSA) is 9.23 Å². The van der Waals surface area contributed by atoms with Crippen LogP contribution in [0.15, 0.2) is 30.3 Å². The van der Waals surface area contributed by atoms with Crippen molar-refractivity contribution in [1.29, 1.82) is 0 Å². The van der Waals surface area contributed by atoms with Crippen molar-refractivity contribution < 1.29 is 4.74 Å². The summed E-state index contributed by atoms with van der Waals surface area (Å²) in [5, 5.41) is 0. The number of hydrogen-bond donors (Lipinski definition) is 0. The molecule has 0 saturated carbocycles. The van der Waals surface area contributed by atoms with Crippen LogP contribution < -0.4 is 0 Å². The lowest BCUT2D eigenvalue weighted by Gasteiger charge is -2.01. The van der Waals surface area contributed by atoms with Gasteiger partial charge in [-0.15, -0.1) is 5.92 Å². The van der Waals surface area contributed by atoms with Gasteiger partial charge < -0.3 is 4.74 Å². The number of hydrogen-bond acceptors (Lipinski definition) is 1. The quantitative estimate of drug-likeness (QED) is 0.708. The van der Waals surface area contributed by atoms with E-state index in [0.717, 1.165) is 0 Å². The molecule has 1 aromatic carbocycles. The molecule has 0 saturated heterocycles. The molecule has 0 bridgehead atoms. The van der Waals surface area contributed by atoms with Crippen LogP contribution in [-0.2, 0) is 4.74 Å². The number of ether oxygens (including phenoxy) is 1. The number of benzene rings is 1. The minimum atomic E-state index is 0.302. The molecule has 0 heterocycles. The molecule has 0 aromatic heterocycles. The molecule has 1 heteroatoms. The van der Waals surface area contributed by atoms with E-state index in [1.807, 2.05) is 26.8 Å². The second kappa shape index (κ2) is 9.93. The van der Waals surface area contributed by atoms with E-state index in [9.17, 15) is 0 Å². The standard InChI is InChI=1S/C9H12.C7H12O/c1-8(2)9-6-4-3-5-7-9;1-4-5-6-8-7(2)3/h3-8H,1-2H3;7H,6H2,1-3H3. The Morgan fingerprint density at radius 2 is 1.65 bits per heavy atom. The summed E-state index contributed by atoms with van der Waals surface area (Å²) >= 11 is 0. The molecule has 0 amide bonds. The molecule has 94 valence electrons. The average Bonchev–Trinajstić information content (AvgIpc) is 2.31. The van der Waals surface area contributed by atoms with E-state index in [1.165, 1.54) is 5.56 Å². The second-order valence-electron chi connectivity index (χ2n) is 4.35.